The fourth-order valence-corrected chi connectivity index (χ4v) is 2.95. The molecule has 0 fully saturated rings. The maximum atomic E-state index is 12.0. The van der Waals surface area contributed by atoms with Gasteiger partial charge in [0.05, 0.1) is 11.8 Å². The van der Waals surface area contributed by atoms with Gasteiger partial charge < -0.3 is 10.6 Å². The number of hydrogen-bond donors (Lipinski definition) is 2. The molecule has 2 rings (SSSR count). The minimum Gasteiger partial charge on any atom is -0.340 e. The summed E-state index contributed by atoms with van der Waals surface area (Å²) in [4.78, 5) is 29.0. The second-order valence-corrected chi connectivity index (χ2v) is 7.72. The maximum Gasteiger partial charge on any atom is 0.339 e. The standard InChI is InChI=1S/C24H32N2O3/c1-3-24(2,18-25)23(28)29-26-22(27)17-21-15-13-20(14-16-21)12-8-7-11-19-9-5-4-6-10-19/h4-6,9-10,13-16H,3,7-8,11-12,17-18,25H2,1-2H3,(H,26,27)/t24-/m0/s1. The Labute approximate surface area is 173 Å². The van der Waals surface area contributed by atoms with Crippen LogP contribution in [0.3, 0.4) is 0 Å². The van der Waals surface area contributed by atoms with Crippen LogP contribution in [0.5, 0.6) is 0 Å². The first-order valence-electron chi connectivity index (χ1n) is 10.3. The molecule has 0 saturated heterocycles. The van der Waals surface area contributed by atoms with Gasteiger partial charge in [-0.2, -0.15) is 5.48 Å². The highest BCUT2D eigenvalue weighted by molar-refractivity contribution is 5.81. The first-order valence-corrected chi connectivity index (χ1v) is 10.3. The minimum absolute atomic E-state index is 0.160. The van der Waals surface area contributed by atoms with Crippen molar-refractivity contribution in [3.8, 4) is 0 Å². The van der Waals surface area contributed by atoms with Crippen LogP contribution in [-0.2, 0) is 33.7 Å². The average molecular weight is 397 g/mol. The molecule has 2 aromatic rings. The number of carbonyl (C=O) groups is 2. The molecular weight excluding hydrogens is 364 g/mol. The number of hydrogen-bond acceptors (Lipinski definition) is 4. The van der Waals surface area contributed by atoms with Crippen molar-refractivity contribution in [3.63, 3.8) is 0 Å². The lowest BCUT2D eigenvalue weighted by Crippen LogP contribution is -2.41. The van der Waals surface area contributed by atoms with Crippen LogP contribution in [0.25, 0.3) is 0 Å². The summed E-state index contributed by atoms with van der Waals surface area (Å²) in [6, 6.07) is 18.5. The molecule has 5 nitrogen and oxygen atoms in total. The molecule has 156 valence electrons. The summed E-state index contributed by atoms with van der Waals surface area (Å²) >= 11 is 0. The third-order valence-electron chi connectivity index (χ3n) is 5.39. The number of amides is 1. The van der Waals surface area contributed by atoms with E-state index in [9.17, 15) is 9.59 Å². The van der Waals surface area contributed by atoms with Gasteiger partial charge in [0.2, 0.25) is 0 Å². The quantitative estimate of drug-likeness (QED) is 0.473. The number of unbranched alkanes of at least 4 members (excludes halogenated alkanes) is 1. The summed E-state index contributed by atoms with van der Waals surface area (Å²) in [5.41, 5.74) is 10.6. The third kappa shape index (κ3) is 7.35. The van der Waals surface area contributed by atoms with E-state index in [4.69, 9.17) is 10.6 Å². The van der Waals surface area contributed by atoms with Crippen molar-refractivity contribution in [2.24, 2.45) is 11.1 Å². The predicted molar refractivity (Wildman–Crippen MR) is 115 cm³/mol. The van der Waals surface area contributed by atoms with Crippen LogP contribution >= 0.6 is 0 Å². The van der Waals surface area contributed by atoms with Gasteiger partial charge in [-0.25, -0.2) is 4.79 Å². The molecule has 1 amide bonds. The first kappa shape index (κ1) is 22.6. The van der Waals surface area contributed by atoms with Crippen molar-refractivity contribution in [3.05, 3.63) is 71.3 Å². The monoisotopic (exact) mass is 396 g/mol. The summed E-state index contributed by atoms with van der Waals surface area (Å²) in [6.45, 7) is 3.75. The van der Waals surface area contributed by atoms with Gasteiger partial charge >= 0.3 is 5.97 Å². The maximum absolute atomic E-state index is 12.0. The number of hydroxylamine groups is 1. The Morgan fingerprint density at radius 1 is 0.931 bits per heavy atom. The zero-order valence-corrected chi connectivity index (χ0v) is 17.4. The van der Waals surface area contributed by atoms with Gasteiger partial charge in [0.1, 0.15) is 0 Å². The molecule has 0 spiro atoms. The summed E-state index contributed by atoms with van der Waals surface area (Å²) < 4.78 is 0. The minimum atomic E-state index is -0.782. The number of rotatable bonds is 10. The molecule has 0 heterocycles. The van der Waals surface area contributed by atoms with E-state index >= 15 is 0 Å². The van der Waals surface area contributed by atoms with Crippen LogP contribution in [-0.4, -0.2) is 18.4 Å². The fraction of sp³-hybridized carbons (Fsp3) is 0.417. The zero-order valence-electron chi connectivity index (χ0n) is 17.4. The number of aryl methyl sites for hydroxylation is 2. The topological polar surface area (TPSA) is 81.4 Å². The first-order chi connectivity index (χ1) is 14.0. The molecule has 0 radical (unpaired) electrons. The number of benzene rings is 2. The third-order valence-corrected chi connectivity index (χ3v) is 5.39. The van der Waals surface area contributed by atoms with E-state index in [0.29, 0.717) is 6.42 Å². The van der Waals surface area contributed by atoms with E-state index in [1.165, 1.54) is 11.1 Å². The molecule has 0 aliphatic heterocycles. The molecule has 0 aromatic heterocycles. The summed E-state index contributed by atoms with van der Waals surface area (Å²) in [5.74, 6) is -0.869. The number of nitrogens with two attached hydrogens (primary N) is 1. The second-order valence-electron chi connectivity index (χ2n) is 7.72. The Morgan fingerprint density at radius 2 is 1.48 bits per heavy atom. The molecule has 0 bridgehead atoms. The predicted octanol–water partition coefficient (Wildman–Crippen LogP) is 3.74. The molecular formula is C24H32N2O3. The zero-order chi connectivity index (χ0) is 21.1. The molecule has 0 aliphatic carbocycles. The van der Waals surface area contributed by atoms with Crippen molar-refractivity contribution in [2.45, 2.75) is 52.4 Å². The van der Waals surface area contributed by atoms with Crippen LogP contribution in [0.2, 0.25) is 0 Å². The van der Waals surface area contributed by atoms with Crippen LogP contribution in [0.1, 0.15) is 49.8 Å². The Hall–Kier alpha value is -2.66. The van der Waals surface area contributed by atoms with Crippen molar-refractivity contribution in [2.75, 3.05) is 6.54 Å². The van der Waals surface area contributed by atoms with E-state index < -0.39 is 11.4 Å². The van der Waals surface area contributed by atoms with Gasteiger partial charge in [0, 0.05) is 6.54 Å². The van der Waals surface area contributed by atoms with Gasteiger partial charge in [0.15, 0.2) is 0 Å². The lowest BCUT2D eigenvalue weighted by molar-refractivity contribution is -0.167. The largest absolute Gasteiger partial charge is 0.340 e. The Bertz CT molecular complexity index is 768. The Morgan fingerprint density at radius 3 is 2.03 bits per heavy atom. The van der Waals surface area contributed by atoms with Crippen LogP contribution in [0.15, 0.2) is 54.6 Å². The Kier molecular flexibility index (Phi) is 8.87. The van der Waals surface area contributed by atoms with Gasteiger partial charge in [-0.3, -0.25) is 4.79 Å². The summed E-state index contributed by atoms with van der Waals surface area (Å²) in [7, 11) is 0. The van der Waals surface area contributed by atoms with E-state index in [2.05, 4.69) is 41.9 Å². The van der Waals surface area contributed by atoms with Gasteiger partial charge in [-0.1, -0.05) is 61.5 Å². The van der Waals surface area contributed by atoms with Crippen molar-refractivity contribution in [1.82, 2.24) is 5.48 Å². The summed E-state index contributed by atoms with van der Waals surface area (Å²) in [5, 5.41) is 0. The number of nitrogens with one attached hydrogen (secondary N) is 1. The van der Waals surface area contributed by atoms with Crippen molar-refractivity contribution >= 4 is 11.9 Å². The van der Waals surface area contributed by atoms with Crippen molar-refractivity contribution in [1.29, 1.82) is 0 Å². The molecule has 0 aliphatic rings. The lowest BCUT2D eigenvalue weighted by Gasteiger charge is -2.23. The molecule has 29 heavy (non-hydrogen) atoms. The molecule has 0 unspecified atom stereocenters. The van der Waals surface area contributed by atoms with E-state index in [0.717, 1.165) is 31.2 Å². The van der Waals surface area contributed by atoms with Crippen LogP contribution in [0.4, 0.5) is 0 Å². The van der Waals surface area contributed by atoms with Gasteiger partial charge in [-0.05, 0) is 55.7 Å². The molecule has 0 saturated carbocycles. The highest BCUT2D eigenvalue weighted by atomic mass is 16.7. The molecule has 5 heteroatoms. The highest BCUT2D eigenvalue weighted by Crippen LogP contribution is 2.20. The SMILES string of the molecule is CC[C@@](C)(CN)C(=O)ONC(=O)Cc1ccc(CCCCc2ccccc2)cc1. The number of carbonyl (C=O) groups excluding carboxylic acids is 2. The van der Waals surface area contributed by atoms with E-state index in [1.54, 1.807) is 6.92 Å². The van der Waals surface area contributed by atoms with Crippen LogP contribution < -0.4 is 11.2 Å². The van der Waals surface area contributed by atoms with Gasteiger partial charge in [-0.15, -0.1) is 0 Å². The molecule has 1 atom stereocenters. The highest BCUT2D eigenvalue weighted by Gasteiger charge is 2.32. The van der Waals surface area contributed by atoms with Crippen molar-refractivity contribution < 1.29 is 14.4 Å². The van der Waals surface area contributed by atoms with E-state index in [1.807, 2.05) is 25.1 Å². The average Bonchev–Trinajstić information content (AvgIpc) is 2.76. The normalized spacial score (nSPS) is 12.8. The molecule has 3 N–H and O–H groups in total. The Balaban J connectivity index is 1.71. The fourth-order valence-electron chi connectivity index (χ4n) is 2.95. The van der Waals surface area contributed by atoms with Gasteiger partial charge in [0.25, 0.3) is 5.91 Å². The lowest BCUT2D eigenvalue weighted by atomic mass is 9.88. The van der Waals surface area contributed by atoms with Crippen LogP contribution in [0, 0.1) is 5.41 Å². The molecule has 2 aromatic carbocycles. The van der Waals surface area contributed by atoms with E-state index in [-0.39, 0.29) is 18.9 Å². The summed E-state index contributed by atoms with van der Waals surface area (Å²) in [6.07, 6.45) is 5.10. The smallest absolute Gasteiger partial charge is 0.339 e. The second kappa shape index (κ2) is 11.4.